The summed E-state index contributed by atoms with van der Waals surface area (Å²) in [7, 11) is 0. The van der Waals surface area contributed by atoms with Crippen molar-refractivity contribution in [2.24, 2.45) is 0 Å². The minimum absolute atomic E-state index is 0.288. The maximum absolute atomic E-state index is 11.8. The van der Waals surface area contributed by atoms with Crippen LogP contribution >= 0.6 is 11.6 Å². The van der Waals surface area contributed by atoms with Crippen molar-refractivity contribution in [1.82, 2.24) is 15.3 Å². The van der Waals surface area contributed by atoms with E-state index in [4.69, 9.17) is 11.6 Å². The number of nitrogens with one attached hydrogen (secondary N) is 2. The molecule has 1 fully saturated rings. The topological polar surface area (TPSA) is 66.9 Å². The zero-order valence-electron chi connectivity index (χ0n) is 11.3. The highest BCUT2D eigenvalue weighted by Crippen LogP contribution is 2.38. The maximum Gasteiger partial charge on any atom is 0.319 e. The standard InChI is InChI=1S/C15H15ClN4O/c16-11-2-1-3-12(6-11)20-15(21)17-8-13-7-14(10-4-5-10)19-9-18-13/h1-3,6-7,9-10H,4-5,8H2,(H2,17,20,21). The number of hydrogen-bond donors (Lipinski definition) is 2. The van der Waals surface area contributed by atoms with Crippen LogP contribution in [-0.2, 0) is 6.54 Å². The van der Waals surface area contributed by atoms with Gasteiger partial charge in [0.15, 0.2) is 0 Å². The molecule has 0 spiro atoms. The normalized spacial score (nSPS) is 13.8. The molecule has 1 aliphatic carbocycles. The Balaban J connectivity index is 1.54. The Kier molecular flexibility index (Phi) is 4.01. The summed E-state index contributed by atoms with van der Waals surface area (Å²) in [5.74, 6) is 0.576. The highest BCUT2D eigenvalue weighted by molar-refractivity contribution is 6.30. The van der Waals surface area contributed by atoms with Crippen LogP contribution in [0.2, 0.25) is 5.02 Å². The SMILES string of the molecule is O=C(NCc1cc(C2CC2)ncn1)Nc1cccc(Cl)c1. The Morgan fingerprint density at radius 2 is 2.14 bits per heavy atom. The summed E-state index contributed by atoms with van der Waals surface area (Å²) in [6.45, 7) is 0.370. The zero-order valence-corrected chi connectivity index (χ0v) is 12.1. The van der Waals surface area contributed by atoms with Gasteiger partial charge in [-0.25, -0.2) is 14.8 Å². The van der Waals surface area contributed by atoms with Crippen LogP contribution in [0.4, 0.5) is 10.5 Å². The second kappa shape index (κ2) is 6.10. The molecule has 1 heterocycles. The average Bonchev–Trinajstić information content (AvgIpc) is 3.30. The first-order chi connectivity index (χ1) is 10.2. The smallest absolute Gasteiger partial charge is 0.319 e. The Labute approximate surface area is 127 Å². The number of rotatable bonds is 4. The second-order valence-electron chi connectivity index (χ2n) is 5.03. The molecule has 2 N–H and O–H groups in total. The molecule has 0 atom stereocenters. The van der Waals surface area contributed by atoms with Gasteiger partial charge in [-0.3, -0.25) is 0 Å². The van der Waals surface area contributed by atoms with E-state index < -0.39 is 0 Å². The van der Waals surface area contributed by atoms with Crippen molar-refractivity contribution in [2.75, 3.05) is 5.32 Å². The van der Waals surface area contributed by atoms with E-state index >= 15 is 0 Å². The highest BCUT2D eigenvalue weighted by Gasteiger charge is 2.25. The Morgan fingerprint density at radius 1 is 1.29 bits per heavy atom. The fourth-order valence-electron chi connectivity index (χ4n) is 2.03. The third-order valence-corrected chi connectivity index (χ3v) is 3.49. The van der Waals surface area contributed by atoms with Crippen molar-refractivity contribution in [2.45, 2.75) is 25.3 Å². The van der Waals surface area contributed by atoms with E-state index in [-0.39, 0.29) is 6.03 Å². The van der Waals surface area contributed by atoms with E-state index in [0.717, 1.165) is 11.4 Å². The lowest BCUT2D eigenvalue weighted by Crippen LogP contribution is -2.28. The third-order valence-electron chi connectivity index (χ3n) is 3.25. The number of anilines is 1. The van der Waals surface area contributed by atoms with E-state index in [2.05, 4.69) is 20.6 Å². The zero-order chi connectivity index (χ0) is 14.7. The molecule has 0 unspecified atom stereocenters. The van der Waals surface area contributed by atoms with Crippen molar-refractivity contribution in [3.05, 3.63) is 53.1 Å². The number of carbonyl (C=O) groups excluding carboxylic acids is 1. The predicted molar refractivity (Wildman–Crippen MR) is 81.3 cm³/mol. The molecule has 21 heavy (non-hydrogen) atoms. The van der Waals surface area contributed by atoms with Crippen molar-refractivity contribution < 1.29 is 4.79 Å². The van der Waals surface area contributed by atoms with Crippen LogP contribution < -0.4 is 10.6 Å². The molecule has 1 aromatic carbocycles. The summed E-state index contributed by atoms with van der Waals surface area (Å²) < 4.78 is 0. The minimum atomic E-state index is -0.288. The molecule has 0 saturated heterocycles. The van der Waals surface area contributed by atoms with Crippen LogP contribution in [0, 0.1) is 0 Å². The lowest BCUT2D eigenvalue weighted by atomic mass is 10.2. The van der Waals surface area contributed by atoms with Crippen molar-refractivity contribution in [3.63, 3.8) is 0 Å². The summed E-state index contributed by atoms with van der Waals surface area (Å²) in [4.78, 5) is 20.2. The van der Waals surface area contributed by atoms with Gasteiger partial charge < -0.3 is 10.6 Å². The van der Waals surface area contributed by atoms with Crippen LogP contribution in [0.5, 0.6) is 0 Å². The predicted octanol–water partition coefficient (Wildman–Crippen LogP) is 3.33. The van der Waals surface area contributed by atoms with Crippen molar-refractivity contribution in [1.29, 1.82) is 0 Å². The summed E-state index contributed by atoms with van der Waals surface area (Å²) in [5, 5.41) is 6.08. The molecule has 6 heteroatoms. The van der Waals surface area contributed by atoms with Gasteiger partial charge in [0.1, 0.15) is 6.33 Å². The van der Waals surface area contributed by atoms with E-state index in [9.17, 15) is 4.79 Å². The third kappa shape index (κ3) is 3.92. The van der Waals surface area contributed by atoms with Gasteiger partial charge in [0.05, 0.1) is 12.2 Å². The van der Waals surface area contributed by atoms with Crippen LogP contribution in [0.1, 0.15) is 30.1 Å². The molecular weight excluding hydrogens is 288 g/mol. The molecule has 0 radical (unpaired) electrons. The van der Waals surface area contributed by atoms with Crippen LogP contribution in [0.15, 0.2) is 36.7 Å². The van der Waals surface area contributed by atoms with Crippen LogP contribution in [-0.4, -0.2) is 16.0 Å². The number of carbonyl (C=O) groups is 1. The fraction of sp³-hybridized carbons (Fsp3) is 0.267. The molecule has 0 bridgehead atoms. The van der Waals surface area contributed by atoms with E-state index in [0.29, 0.717) is 23.2 Å². The quantitative estimate of drug-likeness (QED) is 0.910. The number of urea groups is 1. The maximum atomic E-state index is 11.8. The first-order valence-electron chi connectivity index (χ1n) is 6.82. The van der Waals surface area contributed by atoms with Gasteiger partial charge in [0, 0.05) is 22.3 Å². The molecule has 1 aromatic heterocycles. The molecule has 5 nitrogen and oxygen atoms in total. The second-order valence-corrected chi connectivity index (χ2v) is 5.46. The van der Waals surface area contributed by atoms with Gasteiger partial charge in [0.25, 0.3) is 0 Å². The summed E-state index contributed by atoms with van der Waals surface area (Å²) >= 11 is 5.87. The van der Waals surface area contributed by atoms with E-state index in [1.807, 2.05) is 6.07 Å². The number of halogens is 1. The Bertz CT molecular complexity index is 658. The fourth-order valence-corrected chi connectivity index (χ4v) is 2.22. The summed E-state index contributed by atoms with van der Waals surface area (Å²) in [5.41, 5.74) is 2.53. The van der Waals surface area contributed by atoms with Gasteiger partial charge >= 0.3 is 6.03 Å². The molecular formula is C15H15ClN4O. The van der Waals surface area contributed by atoms with E-state index in [1.54, 1.807) is 30.6 Å². The van der Waals surface area contributed by atoms with Crippen LogP contribution in [0.25, 0.3) is 0 Å². The average molecular weight is 303 g/mol. The molecule has 0 aliphatic heterocycles. The Morgan fingerprint density at radius 3 is 2.90 bits per heavy atom. The van der Waals surface area contributed by atoms with Gasteiger partial charge in [-0.2, -0.15) is 0 Å². The Hall–Kier alpha value is -2.14. The van der Waals surface area contributed by atoms with Gasteiger partial charge in [-0.05, 0) is 37.1 Å². The first kappa shape index (κ1) is 13.8. The van der Waals surface area contributed by atoms with Crippen LogP contribution in [0.3, 0.4) is 0 Å². The van der Waals surface area contributed by atoms with Gasteiger partial charge in [-0.15, -0.1) is 0 Å². The summed E-state index contributed by atoms with van der Waals surface area (Å²) in [6.07, 6.45) is 3.94. The highest BCUT2D eigenvalue weighted by atomic mass is 35.5. The first-order valence-corrected chi connectivity index (χ1v) is 7.20. The van der Waals surface area contributed by atoms with Crippen molar-refractivity contribution >= 4 is 23.3 Å². The number of hydrogen-bond acceptors (Lipinski definition) is 3. The lowest BCUT2D eigenvalue weighted by molar-refractivity contribution is 0.251. The summed E-state index contributed by atoms with van der Waals surface area (Å²) in [6, 6.07) is 8.68. The number of aromatic nitrogens is 2. The van der Waals surface area contributed by atoms with E-state index in [1.165, 1.54) is 12.8 Å². The number of benzene rings is 1. The molecule has 1 saturated carbocycles. The number of nitrogens with zero attached hydrogens (tertiary/aromatic N) is 2. The number of amides is 2. The van der Waals surface area contributed by atoms with Gasteiger partial charge in [-0.1, -0.05) is 17.7 Å². The molecule has 2 aromatic rings. The van der Waals surface area contributed by atoms with Gasteiger partial charge in [0.2, 0.25) is 0 Å². The van der Waals surface area contributed by atoms with Crippen molar-refractivity contribution in [3.8, 4) is 0 Å². The molecule has 1 aliphatic rings. The minimum Gasteiger partial charge on any atom is -0.332 e. The molecule has 108 valence electrons. The lowest BCUT2D eigenvalue weighted by Gasteiger charge is -2.08. The molecule has 3 rings (SSSR count). The largest absolute Gasteiger partial charge is 0.332 e. The molecule has 2 amide bonds. The monoisotopic (exact) mass is 302 g/mol.